The Bertz CT molecular complexity index is 2100. The van der Waals surface area contributed by atoms with E-state index >= 15 is 0 Å². The predicted octanol–water partition coefficient (Wildman–Crippen LogP) is 10.6. The normalized spacial score (nSPS) is 11.8. The number of thiophene rings is 1. The van der Waals surface area contributed by atoms with Crippen LogP contribution in [0.15, 0.2) is 132 Å². The van der Waals surface area contributed by atoms with Crippen LogP contribution in [0.1, 0.15) is 0 Å². The molecule has 0 radical (unpaired) electrons. The van der Waals surface area contributed by atoms with Crippen molar-refractivity contribution in [1.82, 2.24) is 0 Å². The van der Waals surface area contributed by atoms with Crippen molar-refractivity contribution in [3.8, 4) is 0 Å². The molecule has 2 nitrogen and oxygen atoms in total. The number of rotatable bonds is 3. The van der Waals surface area contributed by atoms with Crippen molar-refractivity contribution in [2.45, 2.75) is 0 Å². The first kappa shape index (κ1) is 20.6. The Morgan fingerprint density at radius 1 is 0.486 bits per heavy atom. The summed E-state index contributed by atoms with van der Waals surface area (Å²) in [5.74, 6) is 0. The zero-order chi connectivity index (χ0) is 24.3. The number of fused-ring (bicyclic) bond motifs is 7. The number of hydrogen-bond donors (Lipinski definition) is 0. The van der Waals surface area contributed by atoms with Gasteiger partial charge in [-0.05, 0) is 71.4 Å². The summed E-state index contributed by atoms with van der Waals surface area (Å²) < 4.78 is 8.82. The minimum absolute atomic E-state index is 0.919. The molecule has 37 heavy (non-hydrogen) atoms. The average molecular weight is 492 g/mol. The third kappa shape index (κ3) is 3.18. The van der Waals surface area contributed by atoms with E-state index in [0.717, 1.165) is 38.7 Å². The van der Waals surface area contributed by atoms with E-state index < -0.39 is 0 Å². The van der Waals surface area contributed by atoms with Gasteiger partial charge in [-0.2, -0.15) is 0 Å². The smallest absolute Gasteiger partial charge is 0.136 e. The molecule has 0 saturated carbocycles. The first-order valence-corrected chi connectivity index (χ1v) is 13.3. The third-order valence-electron chi connectivity index (χ3n) is 7.21. The lowest BCUT2D eigenvalue weighted by Crippen LogP contribution is -2.10. The highest BCUT2D eigenvalue weighted by molar-refractivity contribution is 7.26. The van der Waals surface area contributed by atoms with E-state index in [2.05, 4.69) is 120 Å². The second kappa shape index (κ2) is 7.95. The van der Waals surface area contributed by atoms with Gasteiger partial charge in [-0.1, -0.05) is 66.7 Å². The molecule has 8 aromatic rings. The molecule has 6 aromatic carbocycles. The van der Waals surface area contributed by atoms with Crippen molar-refractivity contribution >= 4 is 81.3 Å². The van der Waals surface area contributed by atoms with E-state index in [4.69, 9.17) is 4.42 Å². The van der Waals surface area contributed by atoms with E-state index in [-0.39, 0.29) is 0 Å². The van der Waals surface area contributed by atoms with E-state index in [9.17, 15) is 0 Å². The summed E-state index contributed by atoms with van der Waals surface area (Å²) in [6.45, 7) is 0. The summed E-state index contributed by atoms with van der Waals surface area (Å²) in [6, 6.07) is 45.4. The quantitative estimate of drug-likeness (QED) is 0.244. The zero-order valence-electron chi connectivity index (χ0n) is 19.9. The molecule has 0 bridgehead atoms. The summed E-state index contributed by atoms with van der Waals surface area (Å²) in [4.78, 5) is 2.38. The zero-order valence-corrected chi connectivity index (χ0v) is 20.7. The van der Waals surface area contributed by atoms with Crippen molar-refractivity contribution < 1.29 is 4.42 Å². The van der Waals surface area contributed by atoms with Gasteiger partial charge < -0.3 is 9.32 Å². The van der Waals surface area contributed by atoms with Crippen molar-refractivity contribution in [1.29, 1.82) is 0 Å². The van der Waals surface area contributed by atoms with Crippen molar-refractivity contribution in [2.75, 3.05) is 4.90 Å². The minimum Gasteiger partial charge on any atom is -0.456 e. The SMILES string of the molecule is c1ccc(N(c2ccc3cc4c(cc3c2)oc2ccccc24)c2cccc3sc4ccccc4c23)cc1. The number of para-hydroxylation sites is 2. The minimum atomic E-state index is 0.919. The second-order valence-corrected chi connectivity index (χ2v) is 10.5. The maximum atomic E-state index is 6.21. The molecule has 0 aliphatic heterocycles. The highest BCUT2D eigenvalue weighted by atomic mass is 32.1. The van der Waals surface area contributed by atoms with Gasteiger partial charge in [0.1, 0.15) is 11.2 Å². The van der Waals surface area contributed by atoms with Crippen LogP contribution in [0.5, 0.6) is 0 Å². The fourth-order valence-corrected chi connectivity index (χ4v) is 6.67. The van der Waals surface area contributed by atoms with E-state index in [1.54, 1.807) is 0 Å². The van der Waals surface area contributed by atoms with Crippen molar-refractivity contribution in [3.63, 3.8) is 0 Å². The average Bonchev–Trinajstić information content (AvgIpc) is 3.51. The van der Waals surface area contributed by atoms with Crippen molar-refractivity contribution in [3.05, 3.63) is 127 Å². The van der Waals surface area contributed by atoms with Gasteiger partial charge in [0.25, 0.3) is 0 Å². The lowest BCUT2D eigenvalue weighted by Gasteiger charge is -2.26. The van der Waals surface area contributed by atoms with Crippen LogP contribution in [0.25, 0.3) is 52.9 Å². The molecule has 2 heterocycles. The summed E-state index contributed by atoms with van der Waals surface area (Å²) in [5.41, 5.74) is 5.29. The predicted molar refractivity (Wildman–Crippen MR) is 159 cm³/mol. The van der Waals surface area contributed by atoms with Gasteiger partial charge in [-0.15, -0.1) is 11.3 Å². The molecule has 0 spiro atoms. The van der Waals surface area contributed by atoms with E-state index in [1.165, 1.54) is 31.2 Å². The van der Waals surface area contributed by atoms with Crippen LogP contribution in [-0.2, 0) is 0 Å². The lowest BCUT2D eigenvalue weighted by atomic mass is 10.0. The van der Waals surface area contributed by atoms with Crippen LogP contribution in [0.3, 0.4) is 0 Å². The van der Waals surface area contributed by atoms with Crippen LogP contribution in [0.2, 0.25) is 0 Å². The van der Waals surface area contributed by atoms with Crippen LogP contribution in [-0.4, -0.2) is 0 Å². The molecule has 0 aliphatic carbocycles. The molecular weight excluding hydrogens is 470 g/mol. The Hall–Kier alpha value is -4.60. The van der Waals surface area contributed by atoms with Crippen LogP contribution >= 0.6 is 11.3 Å². The molecule has 0 N–H and O–H groups in total. The molecular formula is C34H21NOS. The monoisotopic (exact) mass is 491 g/mol. The standard InChI is InChI=1S/C34H21NOS/c1-2-9-24(10-3-1)35(29-13-8-16-33-34(29)27-12-5-7-15-32(27)37-33)25-18-17-22-20-28-26-11-4-6-14-30(26)36-31(28)21-23(22)19-25/h1-21H. The molecule has 174 valence electrons. The third-order valence-corrected chi connectivity index (χ3v) is 8.35. The number of nitrogens with zero attached hydrogens (tertiary/aromatic N) is 1. The molecule has 0 saturated heterocycles. The molecule has 0 amide bonds. The molecule has 0 unspecified atom stereocenters. The highest BCUT2D eigenvalue weighted by Gasteiger charge is 2.18. The molecule has 0 aliphatic rings. The Morgan fingerprint density at radius 3 is 2.19 bits per heavy atom. The van der Waals surface area contributed by atoms with Crippen LogP contribution < -0.4 is 4.90 Å². The number of anilines is 3. The lowest BCUT2D eigenvalue weighted by molar-refractivity contribution is 0.669. The Labute approximate surface area is 217 Å². The van der Waals surface area contributed by atoms with Gasteiger partial charge >= 0.3 is 0 Å². The Morgan fingerprint density at radius 2 is 1.27 bits per heavy atom. The fraction of sp³-hybridized carbons (Fsp3) is 0. The molecule has 0 fully saturated rings. The maximum Gasteiger partial charge on any atom is 0.136 e. The van der Waals surface area contributed by atoms with Crippen LogP contribution in [0, 0.1) is 0 Å². The van der Waals surface area contributed by atoms with Gasteiger partial charge in [0.05, 0.1) is 5.69 Å². The summed E-state index contributed by atoms with van der Waals surface area (Å²) in [5, 5.41) is 7.27. The number of benzene rings is 6. The largest absolute Gasteiger partial charge is 0.456 e. The van der Waals surface area contributed by atoms with Gasteiger partial charge in [-0.3, -0.25) is 0 Å². The van der Waals surface area contributed by atoms with E-state index in [1.807, 2.05) is 23.5 Å². The Balaban J connectivity index is 1.40. The summed E-state index contributed by atoms with van der Waals surface area (Å²) in [6.07, 6.45) is 0. The van der Waals surface area contributed by atoms with Crippen LogP contribution in [0.4, 0.5) is 17.1 Å². The topological polar surface area (TPSA) is 16.4 Å². The molecule has 0 atom stereocenters. The van der Waals surface area contributed by atoms with Gasteiger partial charge in [0, 0.05) is 42.3 Å². The first-order chi connectivity index (χ1) is 18.3. The maximum absolute atomic E-state index is 6.21. The van der Waals surface area contributed by atoms with Gasteiger partial charge in [-0.25, -0.2) is 0 Å². The van der Waals surface area contributed by atoms with E-state index in [0.29, 0.717) is 0 Å². The highest BCUT2D eigenvalue weighted by Crippen LogP contribution is 2.45. The summed E-state index contributed by atoms with van der Waals surface area (Å²) >= 11 is 1.85. The summed E-state index contributed by atoms with van der Waals surface area (Å²) in [7, 11) is 0. The molecule has 3 heteroatoms. The molecule has 2 aromatic heterocycles. The number of hydrogen-bond acceptors (Lipinski definition) is 3. The second-order valence-electron chi connectivity index (χ2n) is 9.40. The van der Waals surface area contributed by atoms with Crippen molar-refractivity contribution in [2.24, 2.45) is 0 Å². The molecule has 8 rings (SSSR count). The van der Waals surface area contributed by atoms with Gasteiger partial charge in [0.2, 0.25) is 0 Å². The Kier molecular flexibility index (Phi) is 4.42. The number of furan rings is 1. The fourth-order valence-electron chi connectivity index (χ4n) is 5.54. The van der Waals surface area contributed by atoms with Gasteiger partial charge in [0.15, 0.2) is 0 Å². The first-order valence-electron chi connectivity index (χ1n) is 12.4.